The van der Waals surface area contributed by atoms with Gasteiger partial charge in [-0.3, -0.25) is 4.98 Å². The molecule has 2 heterocycles. The van der Waals surface area contributed by atoms with Crippen LogP contribution in [0.25, 0.3) is 0 Å². The van der Waals surface area contributed by atoms with Crippen molar-refractivity contribution in [3.05, 3.63) is 47.9 Å². The van der Waals surface area contributed by atoms with E-state index in [1.54, 1.807) is 34.8 Å². The van der Waals surface area contributed by atoms with Gasteiger partial charge in [0.2, 0.25) is 10.0 Å². The van der Waals surface area contributed by atoms with Crippen LogP contribution in [0.3, 0.4) is 0 Å². The molecule has 1 aromatic carbocycles. The topological polar surface area (TPSA) is 66.4 Å². The zero-order chi connectivity index (χ0) is 17.2. The number of aryl methyl sites for hydroxylation is 2. The molecule has 1 aromatic heterocycles. The van der Waals surface area contributed by atoms with Crippen molar-refractivity contribution < 1.29 is 8.42 Å². The minimum Gasteiger partial charge on any atom is -0.354 e. The van der Waals surface area contributed by atoms with Crippen LogP contribution in [0.4, 0.5) is 5.82 Å². The van der Waals surface area contributed by atoms with Crippen LogP contribution >= 0.6 is 0 Å². The Bertz CT molecular complexity index is 809. The van der Waals surface area contributed by atoms with Gasteiger partial charge in [0.05, 0.1) is 16.3 Å². The Hall–Kier alpha value is -1.99. The minimum atomic E-state index is -3.44. The van der Waals surface area contributed by atoms with E-state index in [1.807, 2.05) is 19.9 Å². The summed E-state index contributed by atoms with van der Waals surface area (Å²) in [6.07, 6.45) is 2.52. The van der Waals surface area contributed by atoms with Crippen LogP contribution in [0.15, 0.2) is 41.4 Å². The average Bonchev–Trinajstić information content (AvgIpc) is 2.84. The summed E-state index contributed by atoms with van der Waals surface area (Å²) in [5.74, 6) is 0.856. The maximum Gasteiger partial charge on any atom is 0.243 e. The molecular weight excluding hydrogens is 324 g/mol. The van der Waals surface area contributed by atoms with Crippen LogP contribution in [0.5, 0.6) is 0 Å². The molecule has 128 valence electrons. The van der Waals surface area contributed by atoms with Crippen LogP contribution in [0, 0.1) is 13.8 Å². The van der Waals surface area contributed by atoms with E-state index in [-0.39, 0.29) is 0 Å². The van der Waals surface area contributed by atoms with Gasteiger partial charge in [0.1, 0.15) is 5.82 Å². The molecule has 2 aromatic rings. The standard InChI is InChI=1S/C17H22N4O2S/c1-14-13-18-15(2)17(19-14)20-9-6-10-21(12-11-20)24(22,23)16-7-4-3-5-8-16/h3-5,7-8,13H,6,9-12H2,1-2H3. The lowest BCUT2D eigenvalue weighted by atomic mass is 10.3. The molecule has 0 spiro atoms. The summed E-state index contributed by atoms with van der Waals surface area (Å²) in [4.78, 5) is 11.4. The molecule has 0 aliphatic carbocycles. The van der Waals surface area contributed by atoms with E-state index in [9.17, 15) is 8.42 Å². The maximum absolute atomic E-state index is 12.8. The normalized spacial score (nSPS) is 16.8. The van der Waals surface area contributed by atoms with Crippen molar-refractivity contribution in [1.82, 2.24) is 14.3 Å². The van der Waals surface area contributed by atoms with Crippen molar-refractivity contribution >= 4 is 15.8 Å². The van der Waals surface area contributed by atoms with E-state index >= 15 is 0 Å². The highest BCUT2D eigenvalue weighted by Crippen LogP contribution is 2.21. The quantitative estimate of drug-likeness (QED) is 0.850. The van der Waals surface area contributed by atoms with E-state index < -0.39 is 10.0 Å². The SMILES string of the molecule is Cc1cnc(C)c(N2CCCN(S(=O)(=O)c3ccccc3)CC2)n1. The summed E-state index contributed by atoms with van der Waals surface area (Å²) in [7, 11) is -3.44. The number of aromatic nitrogens is 2. The first-order valence-electron chi connectivity index (χ1n) is 8.09. The third kappa shape index (κ3) is 3.42. The second kappa shape index (κ2) is 6.86. The fourth-order valence-electron chi connectivity index (χ4n) is 2.91. The molecule has 7 heteroatoms. The monoisotopic (exact) mass is 346 g/mol. The van der Waals surface area contributed by atoms with Gasteiger partial charge in [-0.1, -0.05) is 18.2 Å². The summed E-state index contributed by atoms with van der Waals surface area (Å²) < 4.78 is 27.1. The van der Waals surface area contributed by atoms with E-state index in [4.69, 9.17) is 0 Å². The third-order valence-corrected chi connectivity index (χ3v) is 6.10. The Labute approximate surface area is 143 Å². The van der Waals surface area contributed by atoms with Crippen molar-refractivity contribution in [3.8, 4) is 0 Å². The van der Waals surface area contributed by atoms with Gasteiger partial charge >= 0.3 is 0 Å². The lowest BCUT2D eigenvalue weighted by molar-refractivity contribution is 0.433. The number of benzene rings is 1. The van der Waals surface area contributed by atoms with E-state index in [1.165, 1.54) is 0 Å². The fraction of sp³-hybridized carbons (Fsp3) is 0.412. The molecule has 0 bridgehead atoms. The highest BCUT2D eigenvalue weighted by molar-refractivity contribution is 7.89. The third-order valence-electron chi connectivity index (χ3n) is 4.19. The Balaban J connectivity index is 1.79. The summed E-state index contributed by atoms with van der Waals surface area (Å²) in [6, 6.07) is 8.62. The Kier molecular flexibility index (Phi) is 4.82. The molecule has 1 aliphatic rings. The molecule has 0 N–H and O–H groups in total. The highest BCUT2D eigenvalue weighted by Gasteiger charge is 2.27. The van der Waals surface area contributed by atoms with Crippen molar-refractivity contribution in [3.63, 3.8) is 0 Å². The predicted molar refractivity (Wildman–Crippen MR) is 93.5 cm³/mol. The number of hydrogen-bond donors (Lipinski definition) is 0. The molecule has 3 rings (SSSR count). The van der Waals surface area contributed by atoms with Crippen LogP contribution in [0.1, 0.15) is 17.8 Å². The summed E-state index contributed by atoms with van der Waals surface area (Å²) >= 11 is 0. The largest absolute Gasteiger partial charge is 0.354 e. The number of nitrogens with zero attached hydrogens (tertiary/aromatic N) is 4. The number of sulfonamides is 1. The number of rotatable bonds is 3. The molecule has 1 saturated heterocycles. The van der Waals surface area contributed by atoms with E-state index in [2.05, 4.69) is 14.9 Å². The molecule has 0 radical (unpaired) electrons. The van der Waals surface area contributed by atoms with Gasteiger partial charge in [-0.15, -0.1) is 0 Å². The van der Waals surface area contributed by atoms with Crippen LogP contribution in [0.2, 0.25) is 0 Å². The van der Waals surface area contributed by atoms with Crippen molar-refractivity contribution in [2.75, 3.05) is 31.1 Å². The highest BCUT2D eigenvalue weighted by atomic mass is 32.2. The molecule has 0 saturated carbocycles. The van der Waals surface area contributed by atoms with Gasteiger partial charge < -0.3 is 4.90 Å². The second-order valence-corrected chi connectivity index (χ2v) is 7.92. The second-order valence-electron chi connectivity index (χ2n) is 5.98. The van der Waals surface area contributed by atoms with Gasteiger partial charge in [-0.2, -0.15) is 4.31 Å². The molecule has 0 unspecified atom stereocenters. The lowest BCUT2D eigenvalue weighted by Crippen LogP contribution is -2.35. The maximum atomic E-state index is 12.8. The van der Waals surface area contributed by atoms with Crippen molar-refractivity contribution in [2.45, 2.75) is 25.2 Å². The fourth-order valence-corrected chi connectivity index (χ4v) is 4.40. The molecule has 0 atom stereocenters. The zero-order valence-corrected chi connectivity index (χ0v) is 14.8. The summed E-state index contributed by atoms with van der Waals surface area (Å²) in [5, 5.41) is 0. The molecule has 1 fully saturated rings. The van der Waals surface area contributed by atoms with Gasteiger partial charge in [-0.25, -0.2) is 13.4 Å². The van der Waals surface area contributed by atoms with Gasteiger partial charge in [0, 0.05) is 32.4 Å². The first-order chi connectivity index (χ1) is 11.5. The molecule has 1 aliphatic heterocycles. The summed E-state index contributed by atoms with van der Waals surface area (Å²) in [5.41, 5.74) is 1.74. The zero-order valence-electron chi connectivity index (χ0n) is 14.0. The first kappa shape index (κ1) is 16.9. The van der Waals surface area contributed by atoms with E-state index in [0.29, 0.717) is 24.5 Å². The molecule has 0 amide bonds. The summed E-state index contributed by atoms with van der Waals surface area (Å²) in [6.45, 7) is 6.22. The van der Waals surface area contributed by atoms with Crippen molar-refractivity contribution in [2.24, 2.45) is 0 Å². The van der Waals surface area contributed by atoms with Crippen LogP contribution < -0.4 is 4.90 Å². The van der Waals surface area contributed by atoms with Crippen molar-refractivity contribution in [1.29, 1.82) is 0 Å². The van der Waals surface area contributed by atoms with E-state index in [0.717, 1.165) is 30.2 Å². The predicted octanol–water partition coefficient (Wildman–Crippen LogP) is 1.99. The van der Waals surface area contributed by atoms with Gasteiger partial charge in [0.15, 0.2) is 0 Å². The Morgan fingerprint density at radius 2 is 1.75 bits per heavy atom. The molecular formula is C17H22N4O2S. The molecule has 24 heavy (non-hydrogen) atoms. The van der Waals surface area contributed by atoms with Crippen LogP contribution in [-0.2, 0) is 10.0 Å². The number of anilines is 1. The van der Waals surface area contributed by atoms with Gasteiger partial charge in [0.25, 0.3) is 0 Å². The first-order valence-corrected chi connectivity index (χ1v) is 9.53. The smallest absolute Gasteiger partial charge is 0.243 e. The average molecular weight is 346 g/mol. The minimum absolute atomic E-state index is 0.352. The molecule has 6 nitrogen and oxygen atoms in total. The van der Waals surface area contributed by atoms with Crippen LogP contribution in [-0.4, -0.2) is 48.9 Å². The lowest BCUT2D eigenvalue weighted by Gasteiger charge is -2.23. The Morgan fingerprint density at radius 1 is 1.00 bits per heavy atom. The number of hydrogen-bond acceptors (Lipinski definition) is 5. The Morgan fingerprint density at radius 3 is 2.50 bits per heavy atom. The van der Waals surface area contributed by atoms with Gasteiger partial charge in [-0.05, 0) is 32.4 Å².